The smallest absolute Gasteiger partial charge is 0.261 e. The fraction of sp³-hybridized carbons (Fsp3) is 0.238. The molecule has 0 saturated heterocycles. The van der Waals surface area contributed by atoms with E-state index in [0.29, 0.717) is 28.8 Å². The van der Waals surface area contributed by atoms with Crippen LogP contribution >= 0.6 is 0 Å². The van der Waals surface area contributed by atoms with Gasteiger partial charge in [-0.2, -0.15) is 0 Å². The van der Waals surface area contributed by atoms with Gasteiger partial charge in [-0.1, -0.05) is 25.5 Å². The highest BCUT2D eigenvalue weighted by atomic mass is 16.2. The Labute approximate surface area is 156 Å². The number of nitrogens with zero attached hydrogens (tertiary/aromatic N) is 2. The van der Waals surface area contributed by atoms with Gasteiger partial charge in [-0.3, -0.25) is 29.0 Å². The summed E-state index contributed by atoms with van der Waals surface area (Å²) in [7, 11) is 1.45. The van der Waals surface area contributed by atoms with Crippen molar-refractivity contribution >= 4 is 23.6 Å². The largest absolute Gasteiger partial charge is 0.277 e. The minimum absolute atomic E-state index is 0.258. The summed E-state index contributed by atoms with van der Waals surface area (Å²) in [6, 6.07) is 10.2. The van der Waals surface area contributed by atoms with Gasteiger partial charge in [0.2, 0.25) is 0 Å². The Morgan fingerprint density at radius 3 is 1.78 bits per heavy atom. The molecule has 0 saturated carbocycles. The SMILES string of the molecule is CCCCN1C(=O)c2ccc(-c3ccc4c(c3)C(=O)N(C)C4=O)cc2C1=O. The van der Waals surface area contributed by atoms with Crippen molar-refractivity contribution in [2.24, 2.45) is 0 Å². The fourth-order valence-corrected chi connectivity index (χ4v) is 3.53. The van der Waals surface area contributed by atoms with Crippen LogP contribution in [0.4, 0.5) is 0 Å². The van der Waals surface area contributed by atoms with E-state index in [-0.39, 0.29) is 23.6 Å². The molecular formula is C21H18N2O4. The predicted octanol–water partition coefficient (Wildman–Crippen LogP) is 2.98. The summed E-state index contributed by atoms with van der Waals surface area (Å²) in [6.07, 6.45) is 1.67. The molecule has 6 nitrogen and oxygen atoms in total. The standard InChI is InChI=1S/C21H18N2O4/c1-3-4-9-23-20(26)15-8-6-13(11-17(15)21(23)27)12-5-7-14-16(10-12)19(25)22(2)18(14)24/h5-8,10-11H,3-4,9H2,1-2H3. The van der Waals surface area contributed by atoms with Crippen LogP contribution in [-0.4, -0.2) is 47.0 Å². The Hall–Kier alpha value is -3.28. The van der Waals surface area contributed by atoms with Gasteiger partial charge >= 0.3 is 0 Å². The molecule has 4 rings (SSSR count). The molecule has 27 heavy (non-hydrogen) atoms. The maximum Gasteiger partial charge on any atom is 0.261 e. The first kappa shape index (κ1) is 17.1. The van der Waals surface area contributed by atoms with E-state index in [1.165, 1.54) is 11.9 Å². The van der Waals surface area contributed by atoms with Gasteiger partial charge in [-0.15, -0.1) is 0 Å². The molecule has 0 aromatic heterocycles. The zero-order valence-electron chi connectivity index (χ0n) is 15.1. The van der Waals surface area contributed by atoms with Gasteiger partial charge in [-0.25, -0.2) is 0 Å². The first-order chi connectivity index (χ1) is 12.9. The summed E-state index contributed by atoms with van der Waals surface area (Å²) >= 11 is 0. The Bertz CT molecular complexity index is 1020. The van der Waals surface area contributed by atoms with Crippen LogP contribution < -0.4 is 0 Å². The van der Waals surface area contributed by atoms with Crippen molar-refractivity contribution in [3.63, 3.8) is 0 Å². The number of hydrogen-bond acceptors (Lipinski definition) is 4. The highest BCUT2D eigenvalue weighted by Gasteiger charge is 2.36. The van der Waals surface area contributed by atoms with Crippen molar-refractivity contribution < 1.29 is 19.2 Å². The number of carbonyl (C=O) groups is 4. The number of hydrogen-bond donors (Lipinski definition) is 0. The molecule has 0 bridgehead atoms. The van der Waals surface area contributed by atoms with Crippen LogP contribution in [0.15, 0.2) is 36.4 Å². The van der Waals surface area contributed by atoms with Crippen molar-refractivity contribution in [3.8, 4) is 11.1 Å². The maximum absolute atomic E-state index is 12.6. The van der Waals surface area contributed by atoms with E-state index in [4.69, 9.17) is 0 Å². The zero-order chi connectivity index (χ0) is 19.3. The minimum atomic E-state index is -0.338. The van der Waals surface area contributed by atoms with Crippen molar-refractivity contribution in [2.45, 2.75) is 19.8 Å². The van der Waals surface area contributed by atoms with E-state index in [1.54, 1.807) is 36.4 Å². The molecule has 2 aliphatic rings. The number of unbranched alkanes of at least 4 members (excludes halogenated alkanes) is 1. The predicted molar refractivity (Wildman–Crippen MR) is 98.6 cm³/mol. The number of imide groups is 2. The number of carbonyl (C=O) groups excluding carboxylic acids is 4. The van der Waals surface area contributed by atoms with E-state index < -0.39 is 0 Å². The van der Waals surface area contributed by atoms with Crippen LogP contribution in [0.1, 0.15) is 61.2 Å². The first-order valence-electron chi connectivity index (χ1n) is 8.91. The molecule has 136 valence electrons. The average molecular weight is 362 g/mol. The Morgan fingerprint density at radius 1 is 0.704 bits per heavy atom. The van der Waals surface area contributed by atoms with Crippen LogP contribution in [-0.2, 0) is 0 Å². The van der Waals surface area contributed by atoms with Crippen molar-refractivity contribution in [3.05, 3.63) is 58.7 Å². The topological polar surface area (TPSA) is 74.8 Å². The highest BCUT2D eigenvalue weighted by Crippen LogP contribution is 2.31. The molecule has 0 spiro atoms. The lowest BCUT2D eigenvalue weighted by atomic mass is 9.97. The lowest BCUT2D eigenvalue weighted by Crippen LogP contribution is -2.30. The summed E-state index contributed by atoms with van der Waals surface area (Å²) < 4.78 is 0. The fourth-order valence-electron chi connectivity index (χ4n) is 3.53. The third kappa shape index (κ3) is 2.48. The van der Waals surface area contributed by atoms with Gasteiger partial charge in [0.25, 0.3) is 23.6 Å². The number of amides is 4. The molecule has 0 aliphatic carbocycles. The Balaban J connectivity index is 1.72. The van der Waals surface area contributed by atoms with Gasteiger partial charge in [0, 0.05) is 13.6 Å². The third-order valence-electron chi connectivity index (χ3n) is 5.13. The van der Waals surface area contributed by atoms with Crippen LogP contribution in [0.3, 0.4) is 0 Å². The molecule has 0 fully saturated rings. The lowest BCUT2D eigenvalue weighted by Gasteiger charge is -2.12. The molecule has 0 unspecified atom stereocenters. The van der Waals surface area contributed by atoms with Gasteiger partial charge in [-0.05, 0) is 41.8 Å². The van der Waals surface area contributed by atoms with Crippen LogP contribution in [0.5, 0.6) is 0 Å². The molecule has 2 aliphatic heterocycles. The molecule has 0 N–H and O–H groups in total. The van der Waals surface area contributed by atoms with Crippen molar-refractivity contribution in [1.29, 1.82) is 0 Å². The van der Waals surface area contributed by atoms with Crippen LogP contribution in [0, 0.1) is 0 Å². The molecule has 2 aromatic rings. The van der Waals surface area contributed by atoms with Gasteiger partial charge < -0.3 is 0 Å². The second-order valence-corrected chi connectivity index (χ2v) is 6.81. The molecule has 4 amide bonds. The molecule has 2 aromatic carbocycles. The van der Waals surface area contributed by atoms with E-state index in [1.807, 2.05) is 6.92 Å². The number of benzene rings is 2. The second kappa shape index (κ2) is 6.16. The monoisotopic (exact) mass is 362 g/mol. The van der Waals surface area contributed by atoms with Gasteiger partial charge in [0.1, 0.15) is 0 Å². The minimum Gasteiger partial charge on any atom is -0.277 e. The summed E-state index contributed by atoms with van der Waals surface area (Å²) in [5, 5.41) is 0. The summed E-state index contributed by atoms with van der Waals surface area (Å²) in [6.45, 7) is 2.42. The molecular weight excluding hydrogens is 344 g/mol. The molecule has 2 heterocycles. The molecule has 0 radical (unpaired) electrons. The normalized spacial score (nSPS) is 15.6. The average Bonchev–Trinajstić information content (AvgIpc) is 3.05. The first-order valence-corrected chi connectivity index (χ1v) is 8.91. The Kier molecular flexibility index (Phi) is 3.91. The number of rotatable bonds is 4. The van der Waals surface area contributed by atoms with Crippen molar-refractivity contribution in [1.82, 2.24) is 9.80 Å². The lowest BCUT2D eigenvalue weighted by molar-refractivity contribution is 0.0647. The van der Waals surface area contributed by atoms with Crippen molar-refractivity contribution in [2.75, 3.05) is 13.6 Å². The van der Waals surface area contributed by atoms with E-state index in [9.17, 15) is 19.2 Å². The molecule has 6 heteroatoms. The van der Waals surface area contributed by atoms with E-state index >= 15 is 0 Å². The summed E-state index contributed by atoms with van der Waals surface area (Å²) in [4.78, 5) is 51.7. The van der Waals surface area contributed by atoms with Gasteiger partial charge in [0.15, 0.2) is 0 Å². The summed E-state index contributed by atoms with van der Waals surface area (Å²) in [5.41, 5.74) is 2.97. The quantitative estimate of drug-likeness (QED) is 0.784. The maximum atomic E-state index is 12.6. The highest BCUT2D eigenvalue weighted by molar-refractivity contribution is 6.22. The van der Waals surface area contributed by atoms with E-state index in [2.05, 4.69) is 0 Å². The Morgan fingerprint density at radius 2 is 1.19 bits per heavy atom. The molecule has 0 atom stereocenters. The van der Waals surface area contributed by atoms with Crippen LogP contribution in [0.2, 0.25) is 0 Å². The van der Waals surface area contributed by atoms with Gasteiger partial charge in [0.05, 0.1) is 22.3 Å². The third-order valence-corrected chi connectivity index (χ3v) is 5.13. The van der Waals surface area contributed by atoms with E-state index in [0.717, 1.165) is 28.9 Å². The summed E-state index contributed by atoms with van der Waals surface area (Å²) in [5.74, 6) is -1.19. The number of fused-ring (bicyclic) bond motifs is 2. The zero-order valence-corrected chi connectivity index (χ0v) is 15.1. The second-order valence-electron chi connectivity index (χ2n) is 6.81. The van der Waals surface area contributed by atoms with Crippen LogP contribution in [0.25, 0.3) is 11.1 Å².